The summed E-state index contributed by atoms with van der Waals surface area (Å²) in [6, 6.07) is 5.02. The van der Waals surface area contributed by atoms with E-state index in [1.54, 1.807) is 0 Å². The third-order valence-corrected chi connectivity index (χ3v) is 6.95. The summed E-state index contributed by atoms with van der Waals surface area (Å²) in [5.41, 5.74) is -1.10. The van der Waals surface area contributed by atoms with Gasteiger partial charge < -0.3 is 39.7 Å². The topological polar surface area (TPSA) is 161 Å². The van der Waals surface area contributed by atoms with E-state index in [-0.39, 0.29) is 61.8 Å². The number of piperazine rings is 2. The monoisotopic (exact) mass is 496 g/mol. The summed E-state index contributed by atoms with van der Waals surface area (Å²) >= 11 is 0. The van der Waals surface area contributed by atoms with Crippen molar-refractivity contribution in [2.45, 2.75) is 0 Å². The number of quaternary nitrogens is 2. The first-order valence-electron chi connectivity index (χ1n) is 11.3. The van der Waals surface area contributed by atoms with Crippen molar-refractivity contribution in [3.63, 3.8) is 0 Å². The number of carbonyl (C=O) groups is 4. The molecule has 0 radical (unpaired) electrons. The molecule has 2 amide bonds. The van der Waals surface area contributed by atoms with Crippen LogP contribution in [0, 0.1) is 10.4 Å². The SMILES string of the molecule is C[N+]1([O-])CCN(c2ccc(N3CC[N+](C)([O-])CC3=O)c3c2C(=O)c2c(O)ccc(O)c2C3=O)C(=O)C1. The van der Waals surface area contributed by atoms with Crippen molar-refractivity contribution in [3.05, 3.63) is 56.9 Å². The third-order valence-electron chi connectivity index (χ3n) is 6.95. The van der Waals surface area contributed by atoms with Gasteiger partial charge in [-0.1, -0.05) is 0 Å². The number of hydroxylamine groups is 6. The number of hydrogen-bond acceptors (Lipinski definition) is 8. The Morgan fingerprint density at radius 3 is 1.36 bits per heavy atom. The molecule has 2 aliphatic heterocycles. The molecule has 36 heavy (non-hydrogen) atoms. The van der Waals surface area contributed by atoms with Crippen LogP contribution in [-0.4, -0.2) is 96.3 Å². The predicted octanol–water partition coefficient (Wildman–Crippen LogP) is 0.455. The van der Waals surface area contributed by atoms with Gasteiger partial charge in [-0.3, -0.25) is 19.2 Å². The summed E-state index contributed by atoms with van der Waals surface area (Å²) in [5, 5.41) is 45.5. The number of nitrogens with zero attached hydrogens (tertiary/aromatic N) is 4. The molecule has 2 fully saturated rings. The fourth-order valence-electron chi connectivity index (χ4n) is 5.06. The first-order chi connectivity index (χ1) is 16.8. The van der Waals surface area contributed by atoms with E-state index < -0.39 is 55.3 Å². The average molecular weight is 496 g/mol. The van der Waals surface area contributed by atoms with Crippen LogP contribution in [0.1, 0.15) is 31.8 Å². The van der Waals surface area contributed by atoms with Gasteiger partial charge in [-0.15, -0.1) is 0 Å². The zero-order valence-corrected chi connectivity index (χ0v) is 19.7. The van der Waals surface area contributed by atoms with Gasteiger partial charge in [0.15, 0.2) is 13.1 Å². The molecule has 188 valence electrons. The molecule has 2 atom stereocenters. The number of likely N-dealkylation sites (N-methyl/N-ethyl adjacent to an activating group) is 2. The highest BCUT2D eigenvalue weighted by Crippen LogP contribution is 2.44. The van der Waals surface area contributed by atoms with Gasteiger partial charge >= 0.3 is 0 Å². The summed E-state index contributed by atoms with van der Waals surface area (Å²) in [5.74, 6) is -3.76. The zero-order chi connectivity index (χ0) is 26.2. The molecule has 3 aliphatic rings. The van der Waals surface area contributed by atoms with E-state index in [0.29, 0.717) is 0 Å². The fourth-order valence-corrected chi connectivity index (χ4v) is 5.06. The molecule has 0 bridgehead atoms. The van der Waals surface area contributed by atoms with E-state index in [1.807, 2.05) is 0 Å². The Morgan fingerprint density at radius 2 is 1.03 bits per heavy atom. The van der Waals surface area contributed by atoms with Gasteiger partial charge in [0.25, 0.3) is 11.8 Å². The number of rotatable bonds is 2. The Bertz CT molecular complexity index is 1260. The molecule has 0 aromatic heterocycles. The van der Waals surface area contributed by atoms with E-state index in [1.165, 1.54) is 36.0 Å². The molecule has 2 unspecified atom stereocenters. The molecule has 5 rings (SSSR count). The normalized spacial score (nSPS) is 26.2. The van der Waals surface area contributed by atoms with Gasteiger partial charge in [0, 0.05) is 0 Å². The minimum absolute atomic E-state index is 0.0143. The van der Waals surface area contributed by atoms with E-state index in [4.69, 9.17) is 0 Å². The van der Waals surface area contributed by atoms with Crippen LogP contribution in [0.25, 0.3) is 0 Å². The Hall–Kier alpha value is -3.84. The number of aromatic hydroxyl groups is 2. The van der Waals surface area contributed by atoms with Crippen LogP contribution < -0.4 is 9.80 Å². The summed E-state index contributed by atoms with van der Waals surface area (Å²) in [4.78, 5) is 55.8. The lowest BCUT2D eigenvalue weighted by atomic mass is 9.80. The lowest BCUT2D eigenvalue weighted by molar-refractivity contribution is -0.853. The smallest absolute Gasteiger partial charge is 0.282 e. The number of anilines is 2. The molecule has 0 saturated carbocycles. The molecule has 2 aromatic carbocycles. The lowest BCUT2D eigenvalue weighted by Gasteiger charge is -2.45. The average Bonchev–Trinajstić information content (AvgIpc) is 2.77. The van der Waals surface area contributed by atoms with Gasteiger partial charge in [0.1, 0.15) is 11.5 Å². The van der Waals surface area contributed by atoms with Crippen LogP contribution in [0.3, 0.4) is 0 Å². The van der Waals surface area contributed by atoms with Crippen molar-refractivity contribution in [2.24, 2.45) is 0 Å². The number of phenolic OH excluding ortho intramolecular Hbond substituents is 2. The van der Waals surface area contributed by atoms with E-state index in [9.17, 15) is 39.8 Å². The van der Waals surface area contributed by atoms with Crippen LogP contribution in [0.15, 0.2) is 24.3 Å². The first-order valence-corrected chi connectivity index (χ1v) is 11.3. The molecule has 2 aromatic rings. The van der Waals surface area contributed by atoms with Gasteiger partial charge in [-0.2, -0.15) is 0 Å². The van der Waals surface area contributed by atoms with Crippen molar-refractivity contribution < 1.29 is 38.7 Å². The van der Waals surface area contributed by atoms with Crippen LogP contribution in [0.5, 0.6) is 11.5 Å². The minimum atomic E-state index is -0.809. The molecular weight excluding hydrogens is 472 g/mol. The van der Waals surface area contributed by atoms with Crippen molar-refractivity contribution >= 4 is 34.8 Å². The summed E-state index contributed by atoms with van der Waals surface area (Å²) < 4.78 is -1.57. The second-order valence-electron chi connectivity index (χ2n) is 9.81. The molecule has 2 N–H and O–H groups in total. The highest BCUT2D eigenvalue weighted by Gasteiger charge is 2.43. The van der Waals surface area contributed by atoms with Crippen LogP contribution in [0.4, 0.5) is 11.4 Å². The maximum Gasteiger partial charge on any atom is 0.282 e. The van der Waals surface area contributed by atoms with E-state index in [2.05, 4.69) is 0 Å². The molecular formula is C24H24N4O8. The maximum absolute atomic E-state index is 13.8. The van der Waals surface area contributed by atoms with Crippen LogP contribution in [-0.2, 0) is 9.59 Å². The zero-order valence-electron chi connectivity index (χ0n) is 19.7. The van der Waals surface area contributed by atoms with Crippen molar-refractivity contribution in [1.82, 2.24) is 0 Å². The van der Waals surface area contributed by atoms with Crippen molar-refractivity contribution in [1.29, 1.82) is 0 Å². The Balaban J connectivity index is 1.73. The van der Waals surface area contributed by atoms with Crippen molar-refractivity contribution in [3.8, 4) is 11.5 Å². The first kappa shape index (κ1) is 23.9. The Kier molecular flexibility index (Phi) is 5.20. The second-order valence-corrected chi connectivity index (χ2v) is 9.81. The largest absolute Gasteiger partial charge is 0.633 e. The van der Waals surface area contributed by atoms with Gasteiger partial charge in [0.05, 0.1) is 73.9 Å². The number of benzene rings is 2. The lowest BCUT2D eigenvalue weighted by Crippen LogP contribution is -2.58. The fraction of sp³-hybridized carbons (Fsp3) is 0.333. The Morgan fingerprint density at radius 1 is 0.667 bits per heavy atom. The Labute approximate surface area is 205 Å². The maximum atomic E-state index is 13.8. The standard InChI is InChI=1S/C24H24N4O8/c1-27(35)9-7-25(17(31)11-27)13-3-4-14(26-8-10-28(2,36)12-18(26)32)20-19(13)23(33)21-15(29)5-6-16(30)22(21)24(20)34/h3-6,29-30H,7-12H2,1-2H3. The van der Waals surface area contributed by atoms with Crippen molar-refractivity contribution in [2.75, 3.05) is 63.2 Å². The summed E-state index contributed by atoms with van der Waals surface area (Å²) in [6.07, 6.45) is 0. The number of hydrogen-bond donors (Lipinski definition) is 2. The minimum Gasteiger partial charge on any atom is -0.633 e. The predicted molar refractivity (Wildman–Crippen MR) is 126 cm³/mol. The van der Waals surface area contributed by atoms with Gasteiger partial charge in [-0.25, -0.2) is 0 Å². The third kappa shape index (κ3) is 3.62. The van der Waals surface area contributed by atoms with E-state index in [0.717, 1.165) is 12.1 Å². The highest BCUT2D eigenvalue weighted by molar-refractivity contribution is 6.34. The highest BCUT2D eigenvalue weighted by atomic mass is 16.5. The number of phenols is 2. The molecule has 2 heterocycles. The summed E-state index contributed by atoms with van der Waals surface area (Å²) in [7, 11) is 2.73. The number of amides is 2. The van der Waals surface area contributed by atoms with Crippen LogP contribution in [0.2, 0.25) is 0 Å². The van der Waals surface area contributed by atoms with E-state index >= 15 is 0 Å². The molecule has 2 saturated heterocycles. The molecule has 0 spiro atoms. The molecule has 12 nitrogen and oxygen atoms in total. The number of ketones is 2. The molecule has 12 heteroatoms. The number of fused-ring (bicyclic) bond motifs is 2. The van der Waals surface area contributed by atoms with Crippen LogP contribution >= 0.6 is 0 Å². The number of carbonyl (C=O) groups excluding carboxylic acids is 4. The second kappa shape index (κ2) is 7.83. The molecule has 1 aliphatic carbocycles. The summed E-state index contributed by atoms with van der Waals surface area (Å²) in [6.45, 7) is -0.660. The van der Waals surface area contributed by atoms with Gasteiger partial charge in [-0.05, 0) is 24.3 Å². The van der Waals surface area contributed by atoms with Gasteiger partial charge in [0.2, 0.25) is 11.6 Å². The quantitative estimate of drug-likeness (QED) is 0.294.